The molecule has 0 N–H and O–H groups in total. The molecule has 0 saturated heterocycles. The van der Waals surface area contributed by atoms with E-state index in [2.05, 4.69) is 6.07 Å². The van der Waals surface area contributed by atoms with E-state index in [1.807, 2.05) is 42.5 Å². The second kappa shape index (κ2) is 5.04. The second-order valence-corrected chi connectivity index (χ2v) is 6.02. The summed E-state index contributed by atoms with van der Waals surface area (Å²) >= 11 is 3.09. The Labute approximate surface area is 112 Å². The SMILES string of the molecule is O=C(c1ccccc1)c1cccc([AsH2])c1[AsH2]. The molecule has 0 radical (unpaired) electrons. The molecule has 16 heavy (non-hydrogen) atoms. The van der Waals surface area contributed by atoms with E-state index < -0.39 is 0 Å². The zero-order chi connectivity index (χ0) is 11.5. The van der Waals surface area contributed by atoms with Crippen LogP contribution in [0.25, 0.3) is 0 Å². The Balaban J connectivity index is 2.46. The predicted octanol–water partition coefficient (Wildman–Crippen LogP) is -0.566. The minimum absolute atomic E-state index is 0.125. The van der Waals surface area contributed by atoms with E-state index in [0.717, 1.165) is 15.5 Å². The summed E-state index contributed by atoms with van der Waals surface area (Å²) in [6, 6.07) is 15.4. The maximum atomic E-state index is 12.2. The molecule has 1 nitrogen and oxygen atoms in total. The van der Waals surface area contributed by atoms with Gasteiger partial charge in [-0.25, -0.2) is 0 Å². The van der Waals surface area contributed by atoms with Gasteiger partial charge in [-0.3, -0.25) is 0 Å². The van der Waals surface area contributed by atoms with Crippen molar-refractivity contribution in [3.05, 3.63) is 59.7 Å². The fourth-order valence-corrected chi connectivity index (χ4v) is 2.76. The zero-order valence-electron chi connectivity index (χ0n) is 8.68. The van der Waals surface area contributed by atoms with Crippen molar-refractivity contribution in [2.45, 2.75) is 0 Å². The summed E-state index contributed by atoms with van der Waals surface area (Å²) < 4.78 is 2.40. The molecular formula is C13H12As2O. The summed E-state index contributed by atoms with van der Waals surface area (Å²) in [4.78, 5) is 12.2. The first-order chi connectivity index (χ1) is 7.70. The molecule has 2 aromatic rings. The molecule has 0 amide bonds. The third-order valence-electron chi connectivity index (χ3n) is 2.42. The molecule has 2 unspecified atom stereocenters. The van der Waals surface area contributed by atoms with Crippen LogP contribution in [0, 0.1) is 0 Å². The van der Waals surface area contributed by atoms with Gasteiger partial charge in [-0.05, 0) is 0 Å². The molecule has 80 valence electrons. The van der Waals surface area contributed by atoms with Crippen molar-refractivity contribution in [1.82, 2.24) is 0 Å². The van der Waals surface area contributed by atoms with E-state index in [9.17, 15) is 4.79 Å². The summed E-state index contributed by atoms with van der Waals surface area (Å²) in [5, 5.41) is 0. The Hall–Kier alpha value is -0.773. The van der Waals surface area contributed by atoms with Crippen LogP contribution in [0.2, 0.25) is 0 Å². The van der Waals surface area contributed by atoms with Crippen molar-refractivity contribution in [3.63, 3.8) is 0 Å². The van der Waals surface area contributed by atoms with Gasteiger partial charge in [0.25, 0.3) is 0 Å². The van der Waals surface area contributed by atoms with E-state index in [1.165, 1.54) is 21.2 Å². The van der Waals surface area contributed by atoms with Gasteiger partial charge in [0.1, 0.15) is 0 Å². The maximum absolute atomic E-state index is 12.2. The van der Waals surface area contributed by atoms with Crippen molar-refractivity contribution in [1.29, 1.82) is 0 Å². The van der Waals surface area contributed by atoms with Gasteiger partial charge >= 0.3 is 113 Å². The Morgan fingerprint density at radius 2 is 1.56 bits per heavy atom. The van der Waals surface area contributed by atoms with E-state index in [4.69, 9.17) is 0 Å². The molecule has 0 bridgehead atoms. The Morgan fingerprint density at radius 3 is 2.25 bits per heavy atom. The van der Waals surface area contributed by atoms with Crippen LogP contribution in [0.5, 0.6) is 0 Å². The molecule has 2 rings (SSSR count). The first-order valence-electron chi connectivity index (χ1n) is 4.94. The first-order valence-corrected chi connectivity index (χ1v) is 7.36. The van der Waals surface area contributed by atoms with Crippen LogP contribution in [-0.2, 0) is 0 Å². The van der Waals surface area contributed by atoms with Crippen molar-refractivity contribution >= 4 is 48.2 Å². The average molecular weight is 334 g/mol. The van der Waals surface area contributed by atoms with Gasteiger partial charge in [0, 0.05) is 0 Å². The van der Waals surface area contributed by atoms with Gasteiger partial charge in [-0.15, -0.1) is 0 Å². The van der Waals surface area contributed by atoms with Gasteiger partial charge in [0.2, 0.25) is 0 Å². The Bertz CT molecular complexity index is 521. The van der Waals surface area contributed by atoms with Crippen LogP contribution < -0.4 is 8.70 Å². The molecule has 0 saturated carbocycles. The summed E-state index contributed by atoms with van der Waals surface area (Å²) in [5.74, 6) is 0.125. The first kappa shape index (κ1) is 11.7. The summed E-state index contributed by atoms with van der Waals surface area (Å²) in [6.45, 7) is 0. The fourth-order valence-electron chi connectivity index (χ4n) is 1.53. The molecule has 2 atom stereocenters. The van der Waals surface area contributed by atoms with Crippen molar-refractivity contribution in [3.8, 4) is 0 Å². The van der Waals surface area contributed by atoms with Crippen molar-refractivity contribution in [2.24, 2.45) is 0 Å². The van der Waals surface area contributed by atoms with Gasteiger partial charge in [0.15, 0.2) is 0 Å². The molecule has 0 aromatic heterocycles. The van der Waals surface area contributed by atoms with E-state index >= 15 is 0 Å². The molecule has 0 heterocycles. The van der Waals surface area contributed by atoms with E-state index in [-0.39, 0.29) is 5.78 Å². The van der Waals surface area contributed by atoms with Crippen molar-refractivity contribution in [2.75, 3.05) is 0 Å². The number of benzene rings is 2. The van der Waals surface area contributed by atoms with Gasteiger partial charge in [-0.2, -0.15) is 0 Å². The monoisotopic (exact) mass is 334 g/mol. The van der Waals surface area contributed by atoms with E-state index in [1.54, 1.807) is 16.9 Å². The quantitative estimate of drug-likeness (QED) is 0.531. The Morgan fingerprint density at radius 1 is 0.875 bits per heavy atom. The third kappa shape index (κ3) is 2.31. The number of hydrogen-bond donors (Lipinski definition) is 0. The molecule has 0 spiro atoms. The normalized spacial score (nSPS) is 10.1. The predicted molar refractivity (Wildman–Crippen MR) is 72.7 cm³/mol. The third-order valence-corrected chi connectivity index (χ3v) is 6.30. The number of rotatable bonds is 2. The summed E-state index contributed by atoms with van der Waals surface area (Å²) in [7, 11) is 0. The molecule has 0 aliphatic heterocycles. The van der Waals surface area contributed by atoms with Crippen LogP contribution >= 0.6 is 0 Å². The van der Waals surface area contributed by atoms with Gasteiger partial charge < -0.3 is 0 Å². The van der Waals surface area contributed by atoms with Gasteiger partial charge in [-0.1, -0.05) is 0 Å². The van der Waals surface area contributed by atoms with Gasteiger partial charge in [0.05, 0.1) is 0 Å². The standard InChI is InChI=1S/C13H12As2O/c14-11-8-4-7-10(12(11)15)13(16)9-5-2-1-3-6-9/h1-8H,14-15H2. The van der Waals surface area contributed by atoms with Crippen molar-refractivity contribution < 1.29 is 4.79 Å². The summed E-state index contributed by atoms with van der Waals surface area (Å²) in [5.41, 5.74) is 1.60. The fraction of sp³-hybridized carbons (Fsp3) is 0. The van der Waals surface area contributed by atoms with Crippen LogP contribution in [0.15, 0.2) is 48.5 Å². The van der Waals surface area contributed by atoms with Crippen LogP contribution in [0.3, 0.4) is 0 Å². The van der Waals surface area contributed by atoms with Crippen LogP contribution in [0.4, 0.5) is 0 Å². The summed E-state index contributed by atoms with van der Waals surface area (Å²) in [6.07, 6.45) is 0. The minimum atomic E-state index is 0.125. The zero-order valence-corrected chi connectivity index (χ0v) is 13.5. The van der Waals surface area contributed by atoms with Crippen LogP contribution in [0.1, 0.15) is 15.9 Å². The van der Waals surface area contributed by atoms with E-state index in [0.29, 0.717) is 0 Å². The molecule has 0 aliphatic rings. The molecule has 0 aliphatic carbocycles. The number of carbonyl (C=O) groups excluding carboxylic acids is 1. The van der Waals surface area contributed by atoms with Crippen LogP contribution in [-0.4, -0.2) is 39.5 Å². The number of carbonyl (C=O) groups is 1. The molecular weight excluding hydrogens is 322 g/mol. The molecule has 2 aromatic carbocycles. The molecule has 0 fully saturated rings. The number of hydrogen-bond acceptors (Lipinski definition) is 1. The Kier molecular flexibility index (Phi) is 3.69. The topological polar surface area (TPSA) is 17.1 Å². The number of ketones is 1. The average Bonchev–Trinajstić information content (AvgIpc) is 2.33. The molecule has 3 heteroatoms. The second-order valence-electron chi connectivity index (χ2n) is 3.50.